The van der Waals surface area contributed by atoms with Gasteiger partial charge < -0.3 is 14.2 Å². The summed E-state index contributed by atoms with van der Waals surface area (Å²) in [7, 11) is -2.88. The van der Waals surface area contributed by atoms with Crippen molar-refractivity contribution in [3.8, 4) is 11.5 Å². The molecule has 0 spiro atoms. The number of rotatable bonds is 12. The molecule has 2 aromatic carbocycles. The Kier molecular flexibility index (Phi) is 12.8. The highest BCUT2D eigenvalue weighted by molar-refractivity contribution is 7.92. The van der Waals surface area contributed by atoms with Crippen LogP contribution in [0.5, 0.6) is 11.5 Å². The van der Waals surface area contributed by atoms with E-state index in [9.17, 15) is 26.4 Å². The van der Waals surface area contributed by atoms with E-state index in [4.69, 9.17) is 15.3 Å². The van der Waals surface area contributed by atoms with Crippen molar-refractivity contribution in [2.75, 3.05) is 42.5 Å². The zero-order valence-corrected chi connectivity index (χ0v) is 28.5. The third-order valence-electron chi connectivity index (χ3n) is 6.68. The van der Waals surface area contributed by atoms with Gasteiger partial charge in [-0.1, -0.05) is 12.1 Å². The van der Waals surface area contributed by atoms with Crippen LogP contribution in [-0.2, 0) is 37.9 Å². The highest BCUT2D eigenvalue weighted by Gasteiger charge is 2.22. The van der Waals surface area contributed by atoms with Gasteiger partial charge >= 0.3 is 5.97 Å². The lowest BCUT2D eigenvalue weighted by molar-refractivity contribution is 0.0600. The monoisotopic (exact) mass is 700 g/mol. The van der Waals surface area contributed by atoms with Crippen LogP contribution in [0.3, 0.4) is 0 Å². The van der Waals surface area contributed by atoms with Gasteiger partial charge in [0.15, 0.2) is 0 Å². The van der Waals surface area contributed by atoms with Crippen LogP contribution < -0.4 is 29.4 Å². The van der Waals surface area contributed by atoms with Gasteiger partial charge in [-0.25, -0.2) is 27.5 Å². The molecule has 0 radical (unpaired) electrons. The van der Waals surface area contributed by atoms with Gasteiger partial charge in [0, 0.05) is 29.1 Å². The molecule has 17 heteroatoms. The molecule has 256 valence electrons. The van der Waals surface area contributed by atoms with Crippen molar-refractivity contribution in [3.63, 3.8) is 0 Å². The Balaban J connectivity index is 0.000000260. The van der Waals surface area contributed by atoms with E-state index in [0.29, 0.717) is 45.1 Å². The summed E-state index contributed by atoms with van der Waals surface area (Å²) in [6, 6.07) is 16.0. The molecule has 15 nitrogen and oxygen atoms in total. The molecule has 0 aliphatic heterocycles. The van der Waals surface area contributed by atoms with Gasteiger partial charge in [0.25, 0.3) is 5.91 Å². The van der Waals surface area contributed by atoms with Crippen molar-refractivity contribution in [2.45, 2.75) is 13.1 Å². The van der Waals surface area contributed by atoms with Crippen molar-refractivity contribution in [1.29, 1.82) is 0 Å². The second-order valence-electron chi connectivity index (χ2n) is 9.98. The molecule has 0 atom stereocenters. The number of nitrogen functional groups attached to an aromatic ring is 1. The second kappa shape index (κ2) is 16.5. The van der Waals surface area contributed by atoms with Crippen molar-refractivity contribution < 1.29 is 40.6 Å². The summed E-state index contributed by atoms with van der Waals surface area (Å²) in [5.74, 6) is 4.94. The molecule has 1 amide bonds. The number of nitrogens with zero attached hydrogens (tertiary/aromatic N) is 4. The lowest BCUT2D eigenvalue weighted by Gasteiger charge is -2.23. The largest absolute Gasteiger partial charge is 0.496 e. The van der Waals surface area contributed by atoms with E-state index in [2.05, 4.69) is 14.7 Å². The number of pyridine rings is 2. The Morgan fingerprint density at radius 2 is 1.17 bits per heavy atom. The van der Waals surface area contributed by atoms with Crippen LogP contribution in [0, 0.1) is 0 Å². The lowest BCUT2D eigenvalue weighted by Crippen LogP contribution is -2.30. The summed E-state index contributed by atoms with van der Waals surface area (Å²) in [4.78, 5) is 31.1. The van der Waals surface area contributed by atoms with Gasteiger partial charge in [-0.2, -0.15) is 0 Å². The highest BCUT2D eigenvalue weighted by atomic mass is 32.2. The molecule has 48 heavy (non-hydrogen) atoms. The number of esters is 1. The van der Waals surface area contributed by atoms with Crippen molar-refractivity contribution in [3.05, 3.63) is 108 Å². The minimum atomic E-state index is -3.53. The van der Waals surface area contributed by atoms with E-state index < -0.39 is 31.9 Å². The number of sulfonamides is 2. The standard InChI is InChI=1S/C16H18N2O5S.C15H18N4O4S/c1-22-15-9-12(16(19)23-2)6-7-13(15)11-18(24(3,20)21)14-5-4-8-17-10-14;1-23-14-8-11(15(20)18-16)5-6-12(14)10-19(24(2,21)22)13-4-3-7-17-9-13/h4-10H,11H2,1-3H3;3-9H,10,16H2,1-2H3,(H,18,20). The summed E-state index contributed by atoms with van der Waals surface area (Å²) in [5.41, 5.74) is 4.76. The van der Waals surface area contributed by atoms with E-state index in [0.717, 1.165) is 12.5 Å². The molecule has 2 heterocycles. The van der Waals surface area contributed by atoms with Gasteiger partial charge in [0.05, 0.1) is 76.3 Å². The number of carbonyl (C=O) groups excluding carboxylic acids is 2. The maximum atomic E-state index is 12.1. The molecule has 4 aromatic rings. The van der Waals surface area contributed by atoms with E-state index in [-0.39, 0.29) is 13.1 Å². The van der Waals surface area contributed by atoms with Crippen molar-refractivity contribution in [2.24, 2.45) is 5.84 Å². The fourth-order valence-electron chi connectivity index (χ4n) is 4.33. The zero-order valence-electron chi connectivity index (χ0n) is 26.9. The molecule has 4 rings (SSSR count). The molecule has 0 aliphatic rings. The fraction of sp³-hybridized carbons (Fsp3) is 0.226. The number of anilines is 2. The van der Waals surface area contributed by atoms with Crippen LogP contribution in [-0.4, -0.2) is 72.5 Å². The highest BCUT2D eigenvalue weighted by Crippen LogP contribution is 2.27. The summed E-state index contributed by atoms with van der Waals surface area (Å²) in [5, 5.41) is 0. The predicted octanol–water partition coefficient (Wildman–Crippen LogP) is 2.50. The molecule has 0 saturated carbocycles. The summed E-state index contributed by atoms with van der Waals surface area (Å²) in [6.07, 6.45) is 8.29. The minimum absolute atomic E-state index is 0.0399. The number of aromatic nitrogens is 2. The molecule has 0 bridgehead atoms. The first kappa shape index (κ1) is 37.2. The average Bonchev–Trinajstić information content (AvgIpc) is 3.08. The number of hydrazine groups is 1. The SMILES string of the molecule is COC(=O)c1ccc(CN(c2cccnc2)S(C)(=O)=O)c(OC)c1.COc1cc(C(=O)NN)ccc1CN(c1cccnc1)S(C)(=O)=O. The van der Waals surface area contributed by atoms with Crippen LogP contribution in [0.2, 0.25) is 0 Å². The van der Waals surface area contributed by atoms with Crippen LogP contribution >= 0.6 is 0 Å². The third kappa shape index (κ3) is 9.87. The molecule has 0 unspecified atom stereocenters. The number of hydrogen-bond acceptors (Lipinski definition) is 12. The predicted molar refractivity (Wildman–Crippen MR) is 180 cm³/mol. The zero-order chi connectivity index (χ0) is 35.5. The lowest BCUT2D eigenvalue weighted by atomic mass is 10.1. The summed E-state index contributed by atoms with van der Waals surface area (Å²) >= 11 is 0. The van der Waals surface area contributed by atoms with Crippen molar-refractivity contribution in [1.82, 2.24) is 15.4 Å². The smallest absolute Gasteiger partial charge is 0.337 e. The molecular weight excluding hydrogens is 665 g/mol. The maximum Gasteiger partial charge on any atom is 0.337 e. The van der Waals surface area contributed by atoms with E-state index in [1.807, 2.05) is 5.43 Å². The maximum absolute atomic E-state index is 12.1. The molecule has 0 aliphatic carbocycles. The Morgan fingerprint density at radius 3 is 1.52 bits per heavy atom. The van der Waals surface area contributed by atoms with Gasteiger partial charge in [-0.15, -0.1) is 0 Å². The first-order valence-electron chi connectivity index (χ1n) is 13.9. The Bertz CT molecular complexity index is 1790. The number of carbonyl (C=O) groups is 2. The fourth-order valence-corrected chi connectivity index (χ4v) is 6.06. The number of amides is 1. The van der Waals surface area contributed by atoms with Crippen molar-refractivity contribution >= 4 is 43.3 Å². The Labute approximate surface area is 279 Å². The molecule has 3 N–H and O–H groups in total. The van der Waals surface area contributed by atoms with Crippen LogP contribution in [0.25, 0.3) is 0 Å². The summed E-state index contributed by atoms with van der Waals surface area (Å²) < 4.78 is 66.2. The molecule has 0 saturated heterocycles. The number of methoxy groups -OCH3 is 3. The second-order valence-corrected chi connectivity index (χ2v) is 13.8. The van der Waals surface area contributed by atoms with Crippen LogP contribution in [0.15, 0.2) is 85.5 Å². The van der Waals surface area contributed by atoms with Crippen LogP contribution in [0.4, 0.5) is 11.4 Å². The number of hydrogen-bond donors (Lipinski definition) is 2. The quantitative estimate of drug-likeness (QED) is 0.0949. The van der Waals surface area contributed by atoms with Crippen LogP contribution in [0.1, 0.15) is 31.8 Å². The Morgan fingerprint density at radius 1 is 0.729 bits per heavy atom. The normalized spacial score (nSPS) is 11.0. The molecule has 0 fully saturated rings. The van der Waals surface area contributed by atoms with E-state index in [1.165, 1.54) is 54.5 Å². The van der Waals surface area contributed by atoms with E-state index >= 15 is 0 Å². The number of ether oxygens (including phenoxy) is 3. The van der Waals surface area contributed by atoms with Gasteiger partial charge in [0.1, 0.15) is 11.5 Å². The molecular formula is C31H36N6O9S2. The first-order valence-corrected chi connectivity index (χ1v) is 17.6. The Hall–Kier alpha value is -5.26. The minimum Gasteiger partial charge on any atom is -0.496 e. The molecule has 2 aromatic heterocycles. The average molecular weight is 701 g/mol. The number of benzene rings is 2. The number of nitrogens with one attached hydrogen (secondary N) is 1. The van der Waals surface area contributed by atoms with Gasteiger partial charge in [0.2, 0.25) is 20.0 Å². The third-order valence-corrected chi connectivity index (χ3v) is 8.97. The van der Waals surface area contributed by atoms with Gasteiger partial charge in [-0.3, -0.25) is 28.8 Å². The topological polar surface area (TPSA) is 200 Å². The number of nitrogens with two attached hydrogens (primary N) is 1. The summed E-state index contributed by atoms with van der Waals surface area (Å²) in [6.45, 7) is 0.0907. The van der Waals surface area contributed by atoms with Gasteiger partial charge in [-0.05, 0) is 48.5 Å². The van der Waals surface area contributed by atoms with E-state index in [1.54, 1.807) is 60.9 Å². The first-order chi connectivity index (χ1) is 22.7.